The quantitative estimate of drug-likeness (QED) is 0.110. The van der Waals surface area contributed by atoms with Gasteiger partial charge in [-0.2, -0.15) is 0 Å². The van der Waals surface area contributed by atoms with E-state index in [1.807, 2.05) is 61.5 Å². The van der Waals surface area contributed by atoms with Crippen molar-refractivity contribution in [2.24, 2.45) is 0 Å². The van der Waals surface area contributed by atoms with E-state index in [0.717, 1.165) is 60.4 Å². The van der Waals surface area contributed by atoms with Crippen LogP contribution in [0.5, 0.6) is 11.5 Å². The van der Waals surface area contributed by atoms with Gasteiger partial charge in [0, 0.05) is 12.0 Å². The second-order valence-electron chi connectivity index (χ2n) is 10.6. The van der Waals surface area contributed by atoms with Crippen LogP contribution in [0.1, 0.15) is 62.6 Å². The number of aromatic nitrogens is 1. The van der Waals surface area contributed by atoms with Crippen molar-refractivity contribution in [3.05, 3.63) is 101 Å². The lowest BCUT2D eigenvalue weighted by atomic mass is 10.0. The summed E-state index contributed by atoms with van der Waals surface area (Å²) in [5, 5.41) is 0. The highest BCUT2D eigenvalue weighted by atomic mass is 16.6. The summed E-state index contributed by atoms with van der Waals surface area (Å²) >= 11 is 0. The number of oxazole rings is 1. The van der Waals surface area contributed by atoms with Crippen molar-refractivity contribution in [3.63, 3.8) is 0 Å². The average Bonchev–Trinajstić information content (AvgIpc) is 3.35. The molecule has 6 nitrogen and oxygen atoms in total. The molecule has 6 heteroatoms. The largest absolute Gasteiger partial charge is 0.493 e. The van der Waals surface area contributed by atoms with E-state index in [1.54, 1.807) is 20.8 Å². The molecule has 3 aromatic carbocycles. The van der Waals surface area contributed by atoms with E-state index in [2.05, 4.69) is 29.2 Å². The Morgan fingerprint density at radius 3 is 2.32 bits per heavy atom. The number of rotatable bonds is 15. The molecule has 0 saturated heterocycles. The third kappa shape index (κ3) is 8.71. The molecule has 1 aromatic heterocycles. The Morgan fingerprint density at radius 1 is 0.878 bits per heavy atom. The summed E-state index contributed by atoms with van der Waals surface area (Å²) in [5.41, 5.74) is 3.13. The van der Waals surface area contributed by atoms with Crippen molar-refractivity contribution in [1.29, 1.82) is 0 Å². The van der Waals surface area contributed by atoms with Crippen LogP contribution in [0.2, 0.25) is 0 Å². The summed E-state index contributed by atoms with van der Waals surface area (Å²) in [4.78, 5) is 17.2. The molecular weight excluding hydrogens is 514 g/mol. The second kappa shape index (κ2) is 14.5. The number of carbonyl (C=O) groups is 1. The molecular formula is C35H41NO5. The molecule has 0 unspecified atom stereocenters. The molecule has 41 heavy (non-hydrogen) atoms. The lowest BCUT2D eigenvalue weighted by molar-refractivity contribution is -0.158. The van der Waals surface area contributed by atoms with Gasteiger partial charge in [0.1, 0.15) is 17.3 Å². The monoisotopic (exact) mass is 555 g/mol. The molecule has 0 aliphatic rings. The number of aryl methyl sites for hydroxylation is 3. The fourth-order valence-corrected chi connectivity index (χ4v) is 4.66. The molecule has 0 N–H and O–H groups in total. The first-order valence-electron chi connectivity index (χ1n) is 14.5. The van der Waals surface area contributed by atoms with Gasteiger partial charge in [-0.1, -0.05) is 55.0 Å². The van der Waals surface area contributed by atoms with Gasteiger partial charge in [-0.15, -0.1) is 0 Å². The predicted molar refractivity (Wildman–Crippen MR) is 161 cm³/mol. The van der Waals surface area contributed by atoms with Gasteiger partial charge >= 0.3 is 5.97 Å². The molecule has 0 radical (unpaired) electrons. The van der Waals surface area contributed by atoms with Crippen LogP contribution in [0.3, 0.4) is 0 Å². The number of esters is 1. The molecule has 1 heterocycles. The Kier molecular flexibility index (Phi) is 10.6. The third-order valence-electron chi connectivity index (χ3n) is 6.94. The third-order valence-corrected chi connectivity index (χ3v) is 6.94. The Hall–Kier alpha value is -4.06. The fourth-order valence-electron chi connectivity index (χ4n) is 4.66. The van der Waals surface area contributed by atoms with Gasteiger partial charge in [0.15, 0.2) is 5.60 Å². The number of hydrogen-bond acceptors (Lipinski definition) is 6. The van der Waals surface area contributed by atoms with Gasteiger partial charge in [-0.3, -0.25) is 0 Å². The van der Waals surface area contributed by atoms with Crippen LogP contribution < -0.4 is 9.47 Å². The standard InChI is InChI=1S/C35H41NO5/c1-5-38-34(37)35(3,4)41-32-22-21-30(25-29(32)20-14-7-11-17-27-15-9-6-10-16-27)39-24-23-31-26(2)40-33(36-31)28-18-12-8-13-19-28/h6,8-10,12-13,15-16,18-19,21-22,25H,5,7,11,14,17,20,23-24H2,1-4H3. The number of unbranched alkanes of at least 4 members (excludes halogenated alkanes) is 2. The topological polar surface area (TPSA) is 70.8 Å². The highest BCUT2D eigenvalue weighted by Crippen LogP contribution is 2.30. The fraction of sp³-hybridized carbons (Fsp3) is 0.371. The zero-order valence-corrected chi connectivity index (χ0v) is 24.7. The highest BCUT2D eigenvalue weighted by molar-refractivity contribution is 5.79. The minimum absolute atomic E-state index is 0.310. The summed E-state index contributed by atoms with van der Waals surface area (Å²) in [6.07, 6.45) is 5.74. The summed E-state index contributed by atoms with van der Waals surface area (Å²) in [6.45, 7) is 7.98. The van der Waals surface area contributed by atoms with Crippen molar-refractivity contribution in [2.45, 2.75) is 71.8 Å². The SMILES string of the molecule is CCOC(=O)C(C)(C)Oc1ccc(OCCc2nc(-c3ccccc3)oc2C)cc1CCCCCc1ccccc1. The molecule has 0 spiro atoms. The normalized spacial score (nSPS) is 11.3. The summed E-state index contributed by atoms with van der Waals surface area (Å²) in [6, 6.07) is 26.3. The lowest BCUT2D eigenvalue weighted by Crippen LogP contribution is -2.40. The first-order valence-corrected chi connectivity index (χ1v) is 14.5. The van der Waals surface area contributed by atoms with E-state index in [4.69, 9.17) is 18.6 Å². The van der Waals surface area contributed by atoms with Crippen LogP contribution in [0.15, 0.2) is 83.3 Å². The first-order chi connectivity index (χ1) is 19.9. The second-order valence-corrected chi connectivity index (χ2v) is 10.6. The van der Waals surface area contributed by atoms with Gasteiger partial charge in [-0.25, -0.2) is 9.78 Å². The van der Waals surface area contributed by atoms with Gasteiger partial charge in [0.25, 0.3) is 0 Å². The van der Waals surface area contributed by atoms with E-state index in [9.17, 15) is 4.79 Å². The van der Waals surface area contributed by atoms with Crippen LogP contribution in [0.25, 0.3) is 11.5 Å². The van der Waals surface area contributed by atoms with Crippen LogP contribution >= 0.6 is 0 Å². The number of nitrogens with zero attached hydrogens (tertiary/aromatic N) is 1. The molecule has 0 aliphatic heterocycles. The average molecular weight is 556 g/mol. The summed E-state index contributed by atoms with van der Waals surface area (Å²) in [5.74, 6) is 2.48. The predicted octanol–water partition coefficient (Wildman–Crippen LogP) is 7.95. The van der Waals surface area contributed by atoms with Gasteiger partial charge in [0.05, 0.1) is 18.9 Å². The van der Waals surface area contributed by atoms with Crippen LogP contribution in [0.4, 0.5) is 0 Å². The molecule has 4 aromatic rings. The summed E-state index contributed by atoms with van der Waals surface area (Å²) < 4.78 is 23.5. The van der Waals surface area contributed by atoms with Gasteiger partial charge in [0.2, 0.25) is 5.89 Å². The van der Waals surface area contributed by atoms with Crippen LogP contribution in [-0.2, 0) is 28.8 Å². The van der Waals surface area contributed by atoms with Crippen molar-refractivity contribution in [3.8, 4) is 23.0 Å². The van der Waals surface area contributed by atoms with Crippen molar-refractivity contribution in [2.75, 3.05) is 13.2 Å². The maximum atomic E-state index is 12.5. The molecule has 0 saturated carbocycles. The van der Waals surface area contributed by atoms with Crippen molar-refractivity contribution in [1.82, 2.24) is 4.98 Å². The molecule has 0 aliphatic carbocycles. The lowest BCUT2D eigenvalue weighted by Gasteiger charge is -2.26. The number of benzene rings is 3. The Labute approximate surface area is 243 Å². The molecule has 0 atom stereocenters. The Morgan fingerprint density at radius 2 is 1.59 bits per heavy atom. The van der Waals surface area contributed by atoms with Gasteiger partial charge < -0.3 is 18.6 Å². The minimum Gasteiger partial charge on any atom is -0.493 e. The Bertz CT molecular complexity index is 1380. The van der Waals surface area contributed by atoms with Crippen LogP contribution in [-0.4, -0.2) is 29.8 Å². The first kappa shape index (κ1) is 29.9. The molecule has 0 bridgehead atoms. The Balaban J connectivity index is 1.39. The van der Waals surface area contributed by atoms with E-state index in [1.165, 1.54) is 5.56 Å². The summed E-state index contributed by atoms with van der Waals surface area (Å²) in [7, 11) is 0. The molecule has 4 rings (SSSR count). The van der Waals surface area contributed by atoms with E-state index in [-0.39, 0.29) is 5.97 Å². The maximum Gasteiger partial charge on any atom is 0.349 e. The maximum absolute atomic E-state index is 12.5. The number of ether oxygens (including phenoxy) is 3. The van der Waals surface area contributed by atoms with E-state index in [0.29, 0.717) is 31.3 Å². The van der Waals surface area contributed by atoms with Gasteiger partial charge in [-0.05, 0) is 94.8 Å². The van der Waals surface area contributed by atoms with E-state index >= 15 is 0 Å². The van der Waals surface area contributed by atoms with Crippen molar-refractivity contribution >= 4 is 5.97 Å². The molecule has 0 amide bonds. The number of hydrogen-bond donors (Lipinski definition) is 0. The highest BCUT2D eigenvalue weighted by Gasteiger charge is 2.32. The zero-order valence-electron chi connectivity index (χ0n) is 24.7. The minimum atomic E-state index is -1.10. The molecule has 216 valence electrons. The van der Waals surface area contributed by atoms with E-state index < -0.39 is 5.60 Å². The van der Waals surface area contributed by atoms with Crippen molar-refractivity contribution < 1.29 is 23.4 Å². The zero-order chi connectivity index (χ0) is 29.1. The molecule has 0 fully saturated rings. The smallest absolute Gasteiger partial charge is 0.349 e. The van der Waals surface area contributed by atoms with Crippen LogP contribution in [0, 0.1) is 6.92 Å². The number of carbonyl (C=O) groups excluding carboxylic acids is 1.